The van der Waals surface area contributed by atoms with Crippen LogP contribution in [0, 0.1) is 0 Å². The van der Waals surface area contributed by atoms with E-state index in [1.165, 1.54) is 0 Å². The minimum Gasteiger partial charge on any atom is -0.466 e. The molecule has 0 saturated heterocycles. The minimum absolute atomic E-state index is 0.212. The smallest absolute Gasteiger partial charge is 0.307 e. The van der Waals surface area contributed by atoms with Crippen LogP contribution in [-0.4, -0.2) is 29.9 Å². The third kappa shape index (κ3) is 5.02. The lowest BCUT2D eigenvalue weighted by atomic mass is 10.1. The number of anilines is 1. The first-order chi connectivity index (χ1) is 9.60. The first-order valence-electron chi connectivity index (χ1n) is 6.55. The lowest BCUT2D eigenvalue weighted by Crippen LogP contribution is -2.17. The van der Waals surface area contributed by atoms with Gasteiger partial charge in [-0.3, -0.25) is 4.79 Å². The van der Waals surface area contributed by atoms with Gasteiger partial charge in [-0.1, -0.05) is 25.2 Å². The fourth-order valence-electron chi connectivity index (χ4n) is 1.74. The van der Waals surface area contributed by atoms with E-state index in [9.17, 15) is 4.79 Å². The second kappa shape index (κ2) is 8.81. The van der Waals surface area contributed by atoms with E-state index in [0.717, 1.165) is 21.9 Å². The number of thioether (sulfide) groups is 1. The van der Waals surface area contributed by atoms with Crippen LogP contribution in [0.5, 0.6) is 0 Å². The highest BCUT2D eigenvalue weighted by Gasteiger charge is 2.11. The maximum atomic E-state index is 11.3. The van der Waals surface area contributed by atoms with Gasteiger partial charge in [0.2, 0.25) is 0 Å². The van der Waals surface area contributed by atoms with Crippen LogP contribution < -0.4 is 11.1 Å². The van der Waals surface area contributed by atoms with Gasteiger partial charge in [-0.15, -0.1) is 11.8 Å². The Balaban J connectivity index is 2.76. The average molecular weight is 312 g/mol. The summed E-state index contributed by atoms with van der Waals surface area (Å²) in [6.07, 6.45) is 0.315. The van der Waals surface area contributed by atoms with Crippen LogP contribution in [0.4, 0.5) is 5.69 Å². The monoisotopic (exact) mass is 312 g/mol. The molecule has 0 bridgehead atoms. The molecule has 0 fully saturated rings. The third-order valence-electron chi connectivity index (χ3n) is 2.52. The summed E-state index contributed by atoms with van der Waals surface area (Å²) in [5.74, 6) is 0.734. The Hall–Kier alpha value is -1.27. The number of hydrogen-bond acceptors (Lipinski definition) is 5. The molecule has 0 aliphatic carbocycles. The number of hydrogen-bond donors (Lipinski definition) is 2. The van der Waals surface area contributed by atoms with Crippen molar-refractivity contribution in [2.45, 2.75) is 25.2 Å². The van der Waals surface area contributed by atoms with Gasteiger partial charge >= 0.3 is 5.97 Å². The van der Waals surface area contributed by atoms with E-state index in [1.54, 1.807) is 18.7 Å². The van der Waals surface area contributed by atoms with E-state index in [0.29, 0.717) is 24.6 Å². The number of rotatable bonds is 8. The van der Waals surface area contributed by atoms with Crippen molar-refractivity contribution < 1.29 is 9.53 Å². The molecule has 0 saturated carbocycles. The topological polar surface area (TPSA) is 64.3 Å². The van der Waals surface area contributed by atoms with E-state index in [2.05, 4.69) is 12.2 Å². The van der Waals surface area contributed by atoms with Crippen LogP contribution in [-0.2, 0) is 9.53 Å². The average Bonchev–Trinajstić information content (AvgIpc) is 2.39. The standard InChI is InChI=1S/C14H20N2O2S2/c1-3-18-12(17)8-9-16-10-6-5-7-11(20-4-2)13(10)14(15)19/h5-7,16H,3-4,8-9H2,1-2H3,(H2,15,19). The summed E-state index contributed by atoms with van der Waals surface area (Å²) in [4.78, 5) is 12.7. The molecular formula is C14H20N2O2S2. The lowest BCUT2D eigenvalue weighted by molar-refractivity contribution is -0.142. The number of benzene rings is 1. The maximum absolute atomic E-state index is 11.3. The molecule has 0 heterocycles. The number of carbonyl (C=O) groups is 1. The van der Waals surface area contributed by atoms with Crippen molar-refractivity contribution in [2.75, 3.05) is 24.2 Å². The van der Waals surface area contributed by atoms with Crippen LogP contribution in [0.1, 0.15) is 25.8 Å². The number of ether oxygens (including phenoxy) is 1. The Labute approximate surface area is 129 Å². The maximum Gasteiger partial charge on any atom is 0.307 e. The molecule has 1 aromatic carbocycles. The summed E-state index contributed by atoms with van der Waals surface area (Å²) < 4.78 is 4.89. The molecule has 1 aromatic rings. The molecule has 0 unspecified atom stereocenters. The Morgan fingerprint density at radius 3 is 2.80 bits per heavy atom. The fraction of sp³-hybridized carbons (Fsp3) is 0.429. The number of nitrogens with one attached hydrogen (secondary N) is 1. The Bertz CT molecular complexity index is 478. The van der Waals surface area contributed by atoms with Gasteiger partial charge in [0, 0.05) is 22.7 Å². The molecule has 0 amide bonds. The van der Waals surface area contributed by atoms with E-state index >= 15 is 0 Å². The summed E-state index contributed by atoms with van der Waals surface area (Å²) in [7, 11) is 0. The van der Waals surface area contributed by atoms with E-state index in [-0.39, 0.29) is 5.97 Å². The summed E-state index contributed by atoms with van der Waals surface area (Å²) in [5, 5.41) is 3.20. The second-order valence-corrected chi connectivity index (χ2v) is 5.70. The van der Waals surface area contributed by atoms with Crippen molar-refractivity contribution in [3.05, 3.63) is 23.8 Å². The van der Waals surface area contributed by atoms with Crippen molar-refractivity contribution in [3.8, 4) is 0 Å². The van der Waals surface area contributed by atoms with Gasteiger partial charge in [0.1, 0.15) is 4.99 Å². The molecular weight excluding hydrogens is 292 g/mol. The van der Waals surface area contributed by atoms with E-state index in [1.807, 2.05) is 18.2 Å². The minimum atomic E-state index is -0.212. The predicted octanol–water partition coefficient (Wildman–Crippen LogP) is 2.80. The summed E-state index contributed by atoms with van der Waals surface area (Å²) in [5.41, 5.74) is 7.52. The first kappa shape index (κ1) is 16.8. The lowest BCUT2D eigenvalue weighted by Gasteiger charge is -2.14. The largest absolute Gasteiger partial charge is 0.466 e. The Morgan fingerprint density at radius 2 is 2.20 bits per heavy atom. The van der Waals surface area contributed by atoms with Crippen molar-refractivity contribution >= 4 is 40.6 Å². The second-order valence-electron chi connectivity index (χ2n) is 3.96. The van der Waals surface area contributed by atoms with Gasteiger partial charge in [-0.05, 0) is 24.8 Å². The van der Waals surface area contributed by atoms with Crippen molar-refractivity contribution in [2.24, 2.45) is 5.73 Å². The molecule has 1 rings (SSSR count). The van der Waals surface area contributed by atoms with Gasteiger partial charge in [0.25, 0.3) is 0 Å². The fourth-order valence-corrected chi connectivity index (χ4v) is 2.88. The van der Waals surface area contributed by atoms with Crippen molar-refractivity contribution in [1.29, 1.82) is 0 Å². The molecule has 0 aromatic heterocycles. The normalized spacial score (nSPS) is 10.1. The summed E-state index contributed by atoms with van der Waals surface area (Å²) in [6.45, 7) is 4.77. The van der Waals surface area contributed by atoms with Crippen molar-refractivity contribution in [1.82, 2.24) is 0 Å². The molecule has 20 heavy (non-hydrogen) atoms. The molecule has 0 aliphatic rings. The molecule has 3 N–H and O–H groups in total. The number of nitrogens with two attached hydrogens (primary N) is 1. The first-order valence-corrected chi connectivity index (χ1v) is 7.94. The molecule has 6 heteroatoms. The summed E-state index contributed by atoms with van der Waals surface area (Å²) in [6, 6.07) is 5.87. The Morgan fingerprint density at radius 1 is 1.45 bits per heavy atom. The van der Waals surface area contributed by atoms with Gasteiger partial charge < -0.3 is 15.8 Å². The highest BCUT2D eigenvalue weighted by molar-refractivity contribution is 7.99. The SMILES string of the molecule is CCOC(=O)CCNc1cccc(SCC)c1C(N)=S. The van der Waals surface area contributed by atoms with Crippen LogP contribution in [0.2, 0.25) is 0 Å². The summed E-state index contributed by atoms with van der Waals surface area (Å²) >= 11 is 6.82. The molecule has 4 nitrogen and oxygen atoms in total. The van der Waals surface area contributed by atoms with E-state index in [4.69, 9.17) is 22.7 Å². The predicted molar refractivity (Wildman–Crippen MR) is 88.5 cm³/mol. The zero-order valence-corrected chi connectivity index (χ0v) is 13.4. The van der Waals surface area contributed by atoms with Gasteiger partial charge in [-0.2, -0.15) is 0 Å². The number of esters is 1. The van der Waals surface area contributed by atoms with Gasteiger partial charge in [0.15, 0.2) is 0 Å². The zero-order valence-electron chi connectivity index (χ0n) is 11.8. The molecule has 0 radical (unpaired) electrons. The zero-order chi connectivity index (χ0) is 15.0. The third-order valence-corrected chi connectivity index (χ3v) is 3.67. The Kier molecular flexibility index (Phi) is 7.40. The highest BCUT2D eigenvalue weighted by Crippen LogP contribution is 2.28. The molecule has 0 atom stereocenters. The molecule has 0 spiro atoms. The number of thiocarbonyl (C=S) groups is 1. The van der Waals surface area contributed by atoms with Gasteiger partial charge in [-0.25, -0.2) is 0 Å². The quantitative estimate of drug-likeness (QED) is 0.437. The van der Waals surface area contributed by atoms with Crippen LogP contribution >= 0.6 is 24.0 Å². The molecule has 110 valence electrons. The van der Waals surface area contributed by atoms with Gasteiger partial charge in [0.05, 0.1) is 13.0 Å². The number of carbonyl (C=O) groups excluding carboxylic acids is 1. The molecule has 0 aliphatic heterocycles. The van der Waals surface area contributed by atoms with Crippen LogP contribution in [0.3, 0.4) is 0 Å². The van der Waals surface area contributed by atoms with E-state index < -0.39 is 0 Å². The van der Waals surface area contributed by atoms with Crippen LogP contribution in [0.25, 0.3) is 0 Å². The van der Waals surface area contributed by atoms with Crippen molar-refractivity contribution in [3.63, 3.8) is 0 Å². The van der Waals surface area contributed by atoms with Crippen LogP contribution in [0.15, 0.2) is 23.1 Å². The highest BCUT2D eigenvalue weighted by atomic mass is 32.2.